The molecule has 0 unspecified atom stereocenters. The van der Waals surface area contributed by atoms with Crippen LogP contribution in [0.3, 0.4) is 0 Å². The van der Waals surface area contributed by atoms with E-state index < -0.39 is 5.41 Å². The van der Waals surface area contributed by atoms with E-state index in [-0.39, 0.29) is 5.91 Å². The Morgan fingerprint density at radius 2 is 1.57 bits per heavy atom. The number of rotatable bonds is 3. The summed E-state index contributed by atoms with van der Waals surface area (Å²) in [6.07, 6.45) is 0. The van der Waals surface area contributed by atoms with Gasteiger partial charge in [0.25, 0.3) is 0 Å². The van der Waals surface area contributed by atoms with Gasteiger partial charge in [0.2, 0.25) is 5.91 Å². The van der Waals surface area contributed by atoms with E-state index in [1.165, 1.54) is 9.13 Å². The Morgan fingerprint density at radius 3 is 2.14 bits per heavy atom. The molecule has 0 radical (unpaired) electrons. The molecule has 2 nitrogen and oxygen atoms in total. The summed E-state index contributed by atoms with van der Waals surface area (Å²) >= 11 is 2.32. The minimum absolute atomic E-state index is 0.133. The Kier molecular flexibility index (Phi) is 5.04. The van der Waals surface area contributed by atoms with Gasteiger partial charge in [-0.15, -0.1) is 0 Å². The molecule has 0 aliphatic rings. The van der Waals surface area contributed by atoms with E-state index in [0.29, 0.717) is 6.54 Å². The summed E-state index contributed by atoms with van der Waals surface area (Å²) < 4.78 is 1.18. The van der Waals surface area contributed by atoms with Crippen LogP contribution in [-0.4, -0.2) is 5.91 Å². The first-order valence-electron chi connectivity index (χ1n) is 7.00. The lowest BCUT2D eigenvalue weighted by atomic mass is 9.94. The van der Waals surface area contributed by atoms with Gasteiger partial charge in [-0.1, -0.05) is 57.2 Å². The molecule has 21 heavy (non-hydrogen) atoms. The highest BCUT2D eigenvalue weighted by molar-refractivity contribution is 14.1. The lowest BCUT2D eigenvalue weighted by molar-refractivity contribution is -0.125. The second-order valence-corrected chi connectivity index (χ2v) is 7.23. The molecule has 0 heterocycles. The van der Waals surface area contributed by atoms with Crippen molar-refractivity contribution in [1.82, 2.24) is 0 Å². The number of para-hydroxylation sites is 1. The highest BCUT2D eigenvalue weighted by atomic mass is 127. The van der Waals surface area contributed by atoms with Crippen LogP contribution in [0.25, 0.3) is 0 Å². The van der Waals surface area contributed by atoms with Gasteiger partial charge in [0, 0.05) is 14.7 Å². The maximum Gasteiger partial charge on any atom is 0.232 e. The number of halogens is 1. The molecule has 110 valence electrons. The number of carbonyl (C=O) groups is 1. The van der Waals surface area contributed by atoms with Crippen molar-refractivity contribution in [2.75, 3.05) is 4.90 Å². The van der Waals surface area contributed by atoms with Gasteiger partial charge in [-0.05, 0) is 46.4 Å². The second kappa shape index (κ2) is 6.60. The average molecular weight is 393 g/mol. The van der Waals surface area contributed by atoms with Crippen LogP contribution >= 0.6 is 22.6 Å². The third-order valence-corrected chi connectivity index (χ3v) is 4.29. The van der Waals surface area contributed by atoms with E-state index >= 15 is 0 Å². The number of benzene rings is 2. The zero-order chi connectivity index (χ0) is 15.5. The molecule has 0 aliphatic carbocycles. The average Bonchev–Trinajstić information content (AvgIpc) is 2.46. The molecule has 0 fully saturated rings. The van der Waals surface area contributed by atoms with E-state index in [0.717, 1.165) is 5.69 Å². The van der Waals surface area contributed by atoms with Gasteiger partial charge in [0.05, 0.1) is 6.54 Å². The molecule has 1 amide bonds. The van der Waals surface area contributed by atoms with E-state index in [9.17, 15) is 4.79 Å². The highest BCUT2D eigenvalue weighted by Gasteiger charge is 2.28. The van der Waals surface area contributed by atoms with E-state index in [4.69, 9.17) is 0 Å². The van der Waals surface area contributed by atoms with Crippen molar-refractivity contribution in [2.45, 2.75) is 27.3 Å². The van der Waals surface area contributed by atoms with Gasteiger partial charge >= 0.3 is 0 Å². The third-order valence-electron chi connectivity index (χ3n) is 3.24. The Morgan fingerprint density at radius 1 is 1.00 bits per heavy atom. The summed E-state index contributed by atoms with van der Waals surface area (Å²) in [5.74, 6) is 0.133. The van der Waals surface area contributed by atoms with Crippen molar-refractivity contribution in [3.63, 3.8) is 0 Å². The summed E-state index contributed by atoms with van der Waals surface area (Å²) in [6.45, 7) is 6.48. The SMILES string of the molecule is CC(C)(C)C(=O)N(Cc1ccccc1I)c1ccccc1. The topological polar surface area (TPSA) is 20.3 Å². The number of anilines is 1. The summed E-state index contributed by atoms with van der Waals surface area (Å²) in [4.78, 5) is 14.7. The zero-order valence-corrected chi connectivity index (χ0v) is 14.8. The standard InChI is InChI=1S/C18H20INO/c1-18(2,3)17(21)20(15-10-5-4-6-11-15)13-14-9-7-8-12-16(14)19/h4-12H,13H2,1-3H3. The van der Waals surface area contributed by atoms with Crippen molar-refractivity contribution in [2.24, 2.45) is 5.41 Å². The predicted molar refractivity (Wildman–Crippen MR) is 96.2 cm³/mol. The van der Waals surface area contributed by atoms with Crippen LogP contribution in [0.15, 0.2) is 54.6 Å². The monoisotopic (exact) mass is 393 g/mol. The molecule has 2 rings (SSSR count). The molecular weight excluding hydrogens is 373 g/mol. The molecule has 0 atom stereocenters. The molecule has 2 aromatic carbocycles. The highest BCUT2D eigenvalue weighted by Crippen LogP contribution is 2.26. The van der Waals surface area contributed by atoms with Crippen molar-refractivity contribution in [3.8, 4) is 0 Å². The van der Waals surface area contributed by atoms with Crippen LogP contribution in [0, 0.1) is 8.99 Å². The maximum absolute atomic E-state index is 12.8. The van der Waals surface area contributed by atoms with E-state index in [1.54, 1.807) is 0 Å². The molecule has 2 aromatic rings. The molecule has 0 bridgehead atoms. The quantitative estimate of drug-likeness (QED) is 0.682. The largest absolute Gasteiger partial charge is 0.308 e. The van der Waals surface area contributed by atoms with Gasteiger partial charge in [0.1, 0.15) is 0 Å². The first-order valence-corrected chi connectivity index (χ1v) is 8.08. The van der Waals surface area contributed by atoms with Crippen molar-refractivity contribution in [3.05, 3.63) is 63.7 Å². The molecule has 0 aliphatic heterocycles. The molecule has 0 saturated heterocycles. The van der Waals surface area contributed by atoms with Gasteiger partial charge in [0.15, 0.2) is 0 Å². The number of amides is 1. The number of nitrogens with zero attached hydrogens (tertiary/aromatic N) is 1. The van der Waals surface area contributed by atoms with Crippen LogP contribution in [-0.2, 0) is 11.3 Å². The van der Waals surface area contributed by atoms with Crippen molar-refractivity contribution < 1.29 is 4.79 Å². The normalized spacial score (nSPS) is 11.2. The molecule has 0 saturated carbocycles. The Hall–Kier alpha value is -1.36. The van der Waals surface area contributed by atoms with Gasteiger partial charge in [-0.25, -0.2) is 0 Å². The van der Waals surface area contributed by atoms with Gasteiger partial charge < -0.3 is 4.90 Å². The van der Waals surface area contributed by atoms with Crippen molar-refractivity contribution >= 4 is 34.2 Å². The number of hydrogen-bond acceptors (Lipinski definition) is 1. The van der Waals surface area contributed by atoms with Crippen LogP contribution in [0.2, 0.25) is 0 Å². The molecule has 3 heteroatoms. The summed E-state index contributed by atoms with van der Waals surface area (Å²) in [7, 11) is 0. The Bertz CT molecular complexity index is 617. The minimum Gasteiger partial charge on any atom is -0.308 e. The predicted octanol–water partition coefficient (Wildman–Crippen LogP) is 4.87. The third kappa shape index (κ3) is 4.06. The molecule has 0 N–H and O–H groups in total. The summed E-state index contributed by atoms with van der Waals surface area (Å²) in [6, 6.07) is 18.1. The van der Waals surface area contributed by atoms with Crippen LogP contribution < -0.4 is 4.90 Å². The van der Waals surface area contributed by atoms with Crippen LogP contribution in [0.5, 0.6) is 0 Å². The van der Waals surface area contributed by atoms with Crippen molar-refractivity contribution in [1.29, 1.82) is 0 Å². The molecule has 0 aromatic heterocycles. The fourth-order valence-corrected chi connectivity index (χ4v) is 2.65. The van der Waals surface area contributed by atoms with Gasteiger partial charge in [-0.2, -0.15) is 0 Å². The molecule has 0 spiro atoms. The minimum atomic E-state index is -0.407. The maximum atomic E-state index is 12.8. The fourth-order valence-electron chi connectivity index (χ4n) is 2.09. The first-order chi connectivity index (χ1) is 9.89. The number of carbonyl (C=O) groups excluding carboxylic acids is 1. The lowest BCUT2D eigenvalue weighted by Crippen LogP contribution is -2.39. The van der Waals surface area contributed by atoms with E-state index in [2.05, 4.69) is 34.7 Å². The fraction of sp³-hybridized carbons (Fsp3) is 0.278. The Labute approximate surface area is 140 Å². The zero-order valence-electron chi connectivity index (χ0n) is 12.6. The molecular formula is C18H20INO. The van der Waals surface area contributed by atoms with E-state index in [1.807, 2.05) is 68.1 Å². The smallest absolute Gasteiger partial charge is 0.232 e. The first kappa shape index (κ1) is 16.0. The van der Waals surface area contributed by atoms with Crippen LogP contribution in [0.4, 0.5) is 5.69 Å². The lowest BCUT2D eigenvalue weighted by Gasteiger charge is -2.30. The number of hydrogen-bond donors (Lipinski definition) is 0. The summed E-state index contributed by atoms with van der Waals surface area (Å²) in [5.41, 5.74) is 1.70. The van der Waals surface area contributed by atoms with Gasteiger partial charge in [-0.3, -0.25) is 4.79 Å². The van der Waals surface area contributed by atoms with Crippen LogP contribution in [0.1, 0.15) is 26.3 Å². The second-order valence-electron chi connectivity index (χ2n) is 6.07. The summed E-state index contributed by atoms with van der Waals surface area (Å²) in [5, 5.41) is 0. The Balaban J connectivity index is 2.38.